The molecule has 0 saturated heterocycles. The Labute approximate surface area is 95.9 Å². The Morgan fingerprint density at radius 3 is 2.94 bits per heavy atom. The van der Waals surface area contributed by atoms with Gasteiger partial charge in [-0.25, -0.2) is 4.98 Å². The third-order valence-corrected chi connectivity index (χ3v) is 2.69. The van der Waals surface area contributed by atoms with E-state index >= 15 is 0 Å². The molecule has 3 heteroatoms. The molecule has 86 valence electrons. The van der Waals surface area contributed by atoms with Crippen LogP contribution in [-0.4, -0.2) is 17.6 Å². The van der Waals surface area contributed by atoms with Crippen LogP contribution >= 0.6 is 0 Å². The zero-order valence-electron chi connectivity index (χ0n) is 10.1. The first-order chi connectivity index (χ1) is 7.70. The molecule has 1 aromatic carbocycles. The summed E-state index contributed by atoms with van der Waals surface area (Å²) < 4.78 is 5.76. The molecule has 0 bridgehead atoms. The van der Waals surface area contributed by atoms with Gasteiger partial charge >= 0.3 is 0 Å². The van der Waals surface area contributed by atoms with Crippen LogP contribution in [0.5, 0.6) is 0 Å². The van der Waals surface area contributed by atoms with Gasteiger partial charge in [-0.3, -0.25) is 0 Å². The Hall–Kier alpha value is -1.35. The van der Waals surface area contributed by atoms with Crippen molar-refractivity contribution in [3.05, 3.63) is 29.7 Å². The molecule has 0 aliphatic heterocycles. The lowest BCUT2D eigenvalue weighted by Gasteiger charge is -2.08. The third-order valence-electron chi connectivity index (χ3n) is 2.69. The Balaban J connectivity index is 2.23. The molecular weight excluding hydrogens is 200 g/mol. The van der Waals surface area contributed by atoms with Gasteiger partial charge in [-0.2, -0.15) is 0 Å². The van der Waals surface area contributed by atoms with E-state index in [-0.39, 0.29) is 0 Å². The van der Waals surface area contributed by atoms with E-state index in [1.54, 1.807) is 0 Å². The summed E-state index contributed by atoms with van der Waals surface area (Å²) in [5.74, 6) is 0.817. The zero-order chi connectivity index (χ0) is 11.5. The predicted octanol–water partition coefficient (Wildman–Crippen LogP) is 2.68. The molecule has 16 heavy (non-hydrogen) atoms. The Morgan fingerprint density at radius 2 is 2.25 bits per heavy atom. The molecule has 0 amide bonds. The first-order valence-electron chi connectivity index (χ1n) is 5.79. The number of likely N-dealkylation sites (N-methyl/N-ethyl adjacent to an activating group) is 1. The summed E-state index contributed by atoms with van der Waals surface area (Å²) in [5, 5.41) is 3.35. The van der Waals surface area contributed by atoms with Gasteiger partial charge in [0, 0.05) is 12.5 Å². The van der Waals surface area contributed by atoms with Crippen LogP contribution in [0.1, 0.15) is 25.3 Å². The quantitative estimate of drug-likeness (QED) is 0.857. The van der Waals surface area contributed by atoms with Crippen molar-refractivity contribution < 1.29 is 4.42 Å². The fourth-order valence-corrected chi connectivity index (χ4v) is 1.90. The van der Waals surface area contributed by atoms with E-state index < -0.39 is 0 Å². The van der Waals surface area contributed by atoms with Crippen molar-refractivity contribution in [3.63, 3.8) is 0 Å². The van der Waals surface area contributed by atoms with E-state index in [1.807, 2.05) is 25.1 Å². The smallest absolute Gasteiger partial charge is 0.197 e. The molecule has 0 aliphatic rings. The molecule has 2 rings (SSSR count). The highest BCUT2D eigenvalue weighted by atomic mass is 16.3. The fraction of sp³-hybridized carbons (Fsp3) is 0.462. The van der Waals surface area contributed by atoms with Gasteiger partial charge in [-0.15, -0.1) is 0 Å². The predicted molar refractivity (Wildman–Crippen MR) is 65.6 cm³/mol. The van der Waals surface area contributed by atoms with Crippen LogP contribution in [0.4, 0.5) is 0 Å². The number of aryl methyl sites for hydroxylation is 1. The Bertz CT molecular complexity index is 476. The Morgan fingerprint density at radius 1 is 1.44 bits per heavy atom. The van der Waals surface area contributed by atoms with Crippen LogP contribution in [-0.2, 0) is 6.42 Å². The average Bonchev–Trinajstić information content (AvgIpc) is 2.62. The molecule has 1 aromatic heterocycles. The molecule has 0 aliphatic carbocycles. The summed E-state index contributed by atoms with van der Waals surface area (Å²) >= 11 is 0. The number of nitrogens with one attached hydrogen (secondary N) is 1. The number of hydrogen-bond acceptors (Lipinski definition) is 3. The number of hydrogen-bond donors (Lipinski definition) is 1. The second-order valence-corrected chi connectivity index (χ2v) is 4.19. The fourth-order valence-electron chi connectivity index (χ4n) is 1.90. The van der Waals surface area contributed by atoms with Gasteiger partial charge in [-0.1, -0.05) is 19.1 Å². The maximum atomic E-state index is 5.76. The summed E-state index contributed by atoms with van der Waals surface area (Å²) in [6.07, 6.45) is 0.835. The summed E-state index contributed by atoms with van der Waals surface area (Å²) in [6.45, 7) is 7.27. The Kier molecular flexibility index (Phi) is 3.25. The number of oxazole rings is 1. The lowest BCUT2D eigenvalue weighted by atomic mass is 10.2. The molecular formula is C13H18N2O. The van der Waals surface area contributed by atoms with Crippen LogP contribution < -0.4 is 5.32 Å². The number of aromatic nitrogens is 1. The molecule has 0 saturated carbocycles. The minimum Gasteiger partial charge on any atom is -0.440 e. The van der Waals surface area contributed by atoms with Crippen molar-refractivity contribution in [3.8, 4) is 0 Å². The van der Waals surface area contributed by atoms with E-state index in [2.05, 4.69) is 24.1 Å². The lowest BCUT2D eigenvalue weighted by molar-refractivity contribution is 0.468. The summed E-state index contributed by atoms with van der Waals surface area (Å²) in [4.78, 5) is 4.49. The van der Waals surface area contributed by atoms with Crippen molar-refractivity contribution in [2.75, 3.05) is 6.54 Å². The standard InChI is InChI=1S/C13H18N2O/c1-4-14-10(3)8-12-15-11-7-5-6-9(2)13(11)16-12/h5-7,10,14H,4,8H2,1-3H3. The molecule has 3 nitrogen and oxygen atoms in total. The largest absolute Gasteiger partial charge is 0.440 e. The highest BCUT2D eigenvalue weighted by Gasteiger charge is 2.10. The van der Waals surface area contributed by atoms with E-state index in [4.69, 9.17) is 4.42 Å². The zero-order valence-corrected chi connectivity index (χ0v) is 10.1. The lowest BCUT2D eigenvalue weighted by Crippen LogP contribution is -2.27. The maximum Gasteiger partial charge on any atom is 0.197 e. The van der Waals surface area contributed by atoms with Crippen LogP contribution in [0.25, 0.3) is 11.1 Å². The number of para-hydroxylation sites is 1. The highest BCUT2D eigenvalue weighted by Crippen LogP contribution is 2.19. The van der Waals surface area contributed by atoms with Gasteiger partial charge in [0.1, 0.15) is 5.52 Å². The molecule has 1 heterocycles. The van der Waals surface area contributed by atoms with Gasteiger partial charge in [0.05, 0.1) is 0 Å². The van der Waals surface area contributed by atoms with Gasteiger partial charge in [0.15, 0.2) is 11.5 Å². The summed E-state index contributed by atoms with van der Waals surface area (Å²) in [5.41, 5.74) is 3.02. The van der Waals surface area contributed by atoms with E-state index in [9.17, 15) is 0 Å². The normalized spacial score (nSPS) is 13.2. The van der Waals surface area contributed by atoms with E-state index in [1.165, 1.54) is 0 Å². The number of rotatable bonds is 4. The third kappa shape index (κ3) is 2.25. The second kappa shape index (κ2) is 4.66. The van der Waals surface area contributed by atoms with Gasteiger partial charge in [-0.05, 0) is 32.0 Å². The van der Waals surface area contributed by atoms with Crippen molar-refractivity contribution in [2.45, 2.75) is 33.2 Å². The topological polar surface area (TPSA) is 38.1 Å². The monoisotopic (exact) mass is 218 g/mol. The SMILES string of the molecule is CCNC(C)Cc1nc2cccc(C)c2o1. The van der Waals surface area contributed by atoms with Crippen LogP contribution in [0, 0.1) is 6.92 Å². The average molecular weight is 218 g/mol. The van der Waals surface area contributed by atoms with Crippen LogP contribution in [0.2, 0.25) is 0 Å². The molecule has 2 aromatic rings. The van der Waals surface area contributed by atoms with Crippen molar-refractivity contribution in [1.82, 2.24) is 10.3 Å². The highest BCUT2D eigenvalue weighted by molar-refractivity contribution is 5.75. The van der Waals surface area contributed by atoms with Crippen molar-refractivity contribution in [2.24, 2.45) is 0 Å². The molecule has 1 N–H and O–H groups in total. The van der Waals surface area contributed by atoms with E-state index in [0.29, 0.717) is 6.04 Å². The maximum absolute atomic E-state index is 5.76. The van der Waals surface area contributed by atoms with Crippen LogP contribution in [0.15, 0.2) is 22.6 Å². The first kappa shape index (κ1) is 11.1. The number of benzene rings is 1. The van der Waals surface area contributed by atoms with Crippen molar-refractivity contribution in [1.29, 1.82) is 0 Å². The van der Waals surface area contributed by atoms with Gasteiger partial charge < -0.3 is 9.73 Å². The summed E-state index contributed by atoms with van der Waals surface area (Å²) in [7, 11) is 0. The van der Waals surface area contributed by atoms with Gasteiger partial charge in [0.2, 0.25) is 0 Å². The molecule has 0 spiro atoms. The molecule has 1 atom stereocenters. The van der Waals surface area contributed by atoms with Crippen molar-refractivity contribution >= 4 is 11.1 Å². The molecule has 1 unspecified atom stereocenters. The molecule has 0 radical (unpaired) electrons. The van der Waals surface area contributed by atoms with Crippen LogP contribution in [0.3, 0.4) is 0 Å². The second-order valence-electron chi connectivity index (χ2n) is 4.19. The van der Waals surface area contributed by atoms with Gasteiger partial charge in [0.25, 0.3) is 0 Å². The summed E-state index contributed by atoms with van der Waals surface area (Å²) in [6, 6.07) is 6.45. The van der Waals surface area contributed by atoms with E-state index in [0.717, 1.165) is 35.5 Å². The number of fused-ring (bicyclic) bond motifs is 1. The minimum absolute atomic E-state index is 0.401. The minimum atomic E-state index is 0.401. The number of nitrogens with zero attached hydrogens (tertiary/aromatic N) is 1. The molecule has 0 fully saturated rings. The first-order valence-corrected chi connectivity index (χ1v) is 5.79.